The predicted molar refractivity (Wildman–Crippen MR) is 125 cm³/mol. The number of anilines is 1. The molecular weight excluding hydrogens is 390 g/mol. The summed E-state index contributed by atoms with van der Waals surface area (Å²) in [7, 11) is 0. The largest absolute Gasteiger partial charge is 0.357 e. The minimum atomic E-state index is 0.189. The van der Waals surface area contributed by atoms with Crippen molar-refractivity contribution in [2.45, 2.75) is 58.3 Å². The van der Waals surface area contributed by atoms with E-state index in [2.05, 4.69) is 32.4 Å². The van der Waals surface area contributed by atoms with Crippen molar-refractivity contribution in [2.24, 2.45) is 10.9 Å². The Balaban J connectivity index is 1.32. The lowest BCUT2D eigenvalue weighted by atomic mass is 9.86. The quantitative estimate of drug-likeness (QED) is 0.356. The summed E-state index contributed by atoms with van der Waals surface area (Å²) in [5.41, 5.74) is 0. The van der Waals surface area contributed by atoms with Gasteiger partial charge in [-0.15, -0.1) is 0 Å². The molecule has 1 aromatic heterocycles. The first-order valence-electron chi connectivity index (χ1n) is 12.1. The van der Waals surface area contributed by atoms with Crippen LogP contribution >= 0.6 is 0 Å². The van der Waals surface area contributed by atoms with E-state index in [1.807, 2.05) is 11.0 Å². The van der Waals surface area contributed by atoms with E-state index >= 15 is 0 Å². The molecule has 1 aromatic rings. The number of carbonyl (C=O) groups excluding carboxylic acids is 1. The summed E-state index contributed by atoms with van der Waals surface area (Å²) in [6.07, 6.45) is 13.5. The van der Waals surface area contributed by atoms with Crippen LogP contribution in [0.1, 0.15) is 58.3 Å². The molecule has 0 radical (unpaired) electrons. The van der Waals surface area contributed by atoms with Gasteiger partial charge < -0.3 is 20.4 Å². The second-order valence-electron chi connectivity index (χ2n) is 8.50. The van der Waals surface area contributed by atoms with Gasteiger partial charge in [0.1, 0.15) is 0 Å². The number of amides is 1. The zero-order valence-electron chi connectivity index (χ0n) is 19.1. The van der Waals surface area contributed by atoms with Gasteiger partial charge in [-0.25, -0.2) is 9.97 Å². The maximum absolute atomic E-state index is 12.6. The molecule has 8 nitrogen and oxygen atoms in total. The van der Waals surface area contributed by atoms with E-state index in [4.69, 9.17) is 4.99 Å². The minimum absolute atomic E-state index is 0.189. The van der Waals surface area contributed by atoms with Gasteiger partial charge >= 0.3 is 0 Å². The van der Waals surface area contributed by atoms with E-state index in [1.54, 1.807) is 12.4 Å². The fourth-order valence-electron chi connectivity index (χ4n) is 4.44. The van der Waals surface area contributed by atoms with Crippen molar-refractivity contribution in [3.05, 3.63) is 18.5 Å². The van der Waals surface area contributed by atoms with E-state index in [0.29, 0.717) is 26.1 Å². The average molecular weight is 430 g/mol. The molecule has 0 unspecified atom stereocenters. The van der Waals surface area contributed by atoms with Gasteiger partial charge in [0.15, 0.2) is 5.96 Å². The van der Waals surface area contributed by atoms with Gasteiger partial charge in [0, 0.05) is 64.6 Å². The van der Waals surface area contributed by atoms with Gasteiger partial charge in [0.05, 0.1) is 0 Å². The van der Waals surface area contributed by atoms with E-state index < -0.39 is 0 Å². The number of carbonyl (C=O) groups is 1. The summed E-state index contributed by atoms with van der Waals surface area (Å²) in [6.45, 7) is 7.33. The Morgan fingerprint density at radius 2 is 1.84 bits per heavy atom. The van der Waals surface area contributed by atoms with Crippen LogP contribution in [0.15, 0.2) is 23.5 Å². The summed E-state index contributed by atoms with van der Waals surface area (Å²) in [6, 6.07) is 1.82. The van der Waals surface area contributed by atoms with Crippen LogP contribution in [-0.2, 0) is 4.79 Å². The summed E-state index contributed by atoms with van der Waals surface area (Å²) < 4.78 is 0. The molecule has 1 saturated carbocycles. The second-order valence-corrected chi connectivity index (χ2v) is 8.50. The summed E-state index contributed by atoms with van der Waals surface area (Å²) in [5.74, 6) is 2.66. The van der Waals surface area contributed by atoms with Crippen LogP contribution in [0.2, 0.25) is 0 Å². The van der Waals surface area contributed by atoms with Gasteiger partial charge in [-0.3, -0.25) is 9.79 Å². The molecule has 0 aromatic carbocycles. The third-order valence-electron chi connectivity index (χ3n) is 6.21. The molecule has 0 bridgehead atoms. The van der Waals surface area contributed by atoms with Crippen LogP contribution < -0.4 is 15.5 Å². The van der Waals surface area contributed by atoms with Gasteiger partial charge in [0.25, 0.3) is 0 Å². The van der Waals surface area contributed by atoms with Crippen molar-refractivity contribution in [2.75, 3.05) is 50.7 Å². The maximum atomic E-state index is 12.6. The van der Waals surface area contributed by atoms with Crippen molar-refractivity contribution >= 4 is 17.8 Å². The zero-order chi connectivity index (χ0) is 21.7. The molecule has 3 rings (SSSR count). The molecule has 2 aliphatic rings. The highest BCUT2D eigenvalue weighted by atomic mass is 16.2. The summed E-state index contributed by atoms with van der Waals surface area (Å²) in [5, 5.41) is 6.62. The molecule has 1 saturated heterocycles. The highest BCUT2D eigenvalue weighted by Gasteiger charge is 2.22. The SMILES string of the molecule is CCNC(=NCCCC1CCCCC1)NCCC(=O)N1CCN(c2ncccn2)CC1. The Morgan fingerprint density at radius 3 is 2.55 bits per heavy atom. The van der Waals surface area contributed by atoms with Crippen molar-refractivity contribution in [1.82, 2.24) is 25.5 Å². The fraction of sp³-hybridized carbons (Fsp3) is 0.739. The predicted octanol–water partition coefficient (Wildman–Crippen LogP) is 2.43. The van der Waals surface area contributed by atoms with Crippen molar-refractivity contribution in [3.8, 4) is 0 Å². The van der Waals surface area contributed by atoms with Crippen molar-refractivity contribution < 1.29 is 4.79 Å². The Hall–Kier alpha value is -2.38. The first-order chi connectivity index (χ1) is 15.3. The molecule has 2 fully saturated rings. The number of nitrogens with one attached hydrogen (secondary N) is 2. The molecular formula is C23H39N7O. The molecule has 1 aliphatic heterocycles. The molecule has 172 valence electrons. The Bertz CT molecular complexity index is 668. The molecule has 2 heterocycles. The Kier molecular flexibility index (Phi) is 9.86. The highest BCUT2D eigenvalue weighted by Crippen LogP contribution is 2.27. The molecule has 0 atom stereocenters. The van der Waals surface area contributed by atoms with Crippen LogP contribution in [-0.4, -0.2) is 72.5 Å². The van der Waals surface area contributed by atoms with Gasteiger partial charge in [0.2, 0.25) is 11.9 Å². The topological polar surface area (TPSA) is 85.8 Å². The summed E-state index contributed by atoms with van der Waals surface area (Å²) >= 11 is 0. The fourth-order valence-corrected chi connectivity index (χ4v) is 4.44. The highest BCUT2D eigenvalue weighted by molar-refractivity contribution is 5.81. The van der Waals surface area contributed by atoms with E-state index in [1.165, 1.54) is 38.5 Å². The monoisotopic (exact) mass is 429 g/mol. The number of piperazine rings is 1. The molecule has 8 heteroatoms. The Labute approximate surface area is 186 Å². The summed E-state index contributed by atoms with van der Waals surface area (Å²) in [4.78, 5) is 30.0. The lowest BCUT2D eigenvalue weighted by Gasteiger charge is -2.34. The third kappa shape index (κ3) is 7.99. The maximum Gasteiger partial charge on any atom is 0.225 e. The third-order valence-corrected chi connectivity index (χ3v) is 6.21. The lowest BCUT2D eigenvalue weighted by Crippen LogP contribution is -2.50. The molecule has 1 amide bonds. The number of aromatic nitrogens is 2. The average Bonchev–Trinajstić information content (AvgIpc) is 2.83. The standard InChI is InChI=1S/C23H39N7O/c1-2-24-22(25-12-6-10-20-8-4-3-5-9-20)26-15-11-21(31)29-16-18-30(19-17-29)23-27-13-7-14-28-23/h7,13-14,20H,2-6,8-12,15-19H2,1H3,(H2,24,25,26). The van der Waals surface area contributed by atoms with Crippen LogP contribution in [0.4, 0.5) is 5.95 Å². The number of rotatable bonds is 9. The smallest absolute Gasteiger partial charge is 0.225 e. The van der Waals surface area contributed by atoms with Crippen LogP contribution in [0.25, 0.3) is 0 Å². The number of hydrogen-bond donors (Lipinski definition) is 2. The van der Waals surface area contributed by atoms with E-state index in [0.717, 1.165) is 50.4 Å². The number of guanidine groups is 1. The van der Waals surface area contributed by atoms with Gasteiger partial charge in [-0.05, 0) is 31.7 Å². The number of hydrogen-bond acceptors (Lipinski definition) is 5. The van der Waals surface area contributed by atoms with Crippen molar-refractivity contribution in [3.63, 3.8) is 0 Å². The minimum Gasteiger partial charge on any atom is -0.357 e. The Morgan fingerprint density at radius 1 is 1.10 bits per heavy atom. The molecule has 1 aliphatic carbocycles. The number of aliphatic imine (C=N–C) groups is 1. The van der Waals surface area contributed by atoms with Crippen LogP contribution in [0.3, 0.4) is 0 Å². The van der Waals surface area contributed by atoms with E-state index in [9.17, 15) is 4.79 Å². The van der Waals surface area contributed by atoms with Crippen molar-refractivity contribution in [1.29, 1.82) is 0 Å². The van der Waals surface area contributed by atoms with Crippen LogP contribution in [0.5, 0.6) is 0 Å². The second kappa shape index (κ2) is 13.1. The lowest BCUT2D eigenvalue weighted by molar-refractivity contribution is -0.131. The van der Waals surface area contributed by atoms with Gasteiger partial charge in [-0.2, -0.15) is 0 Å². The first kappa shape index (κ1) is 23.3. The normalized spacial score (nSPS) is 18.2. The zero-order valence-corrected chi connectivity index (χ0v) is 19.1. The first-order valence-corrected chi connectivity index (χ1v) is 12.1. The number of nitrogens with zero attached hydrogens (tertiary/aromatic N) is 5. The molecule has 31 heavy (non-hydrogen) atoms. The van der Waals surface area contributed by atoms with Crippen LogP contribution in [0, 0.1) is 5.92 Å². The molecule has 0 spiro atoms. The molecule has 2 N–H and O–H groups in total. The van der Waals surface area contributed by atoms with Gasteiger partial charge in [-0.1, -0.05) is 32.1 Å². The van der Waals surface area contributed by atoms with E-state index in [-0.39, 0.29) is 5.91 Å².